The maximum Gasteiger partial charge on any atom is 0.321 e. The van der Waals surface area contributed by atoms with Crippen LogP contribution in [0.3, 0.4) is 0 Å². The Kier molecular flexibility index (Phi) is 6.85. The smallest absolute Gasteiger partial charge is 0.321 e. The summed E-state index contributed by atoms with van der Waals surface area (Å²) in [5.74, 6) is -0.493. The van der Waals surface area contributed by atoms with Crippen molar-refractivity contribution in [2.45, 2.75) is 47.5 Å². The highest BCUT2D eigenvalue weighted by molar-refractivity contribution is 6.02. The summed E-state index contributed by atoms with van der Waals surface area (Å²) in [5, 5.41) is 0. The van der Waals surface area contributed by atoms with Gasteiger partial charge in [0.1, 0.15) is 5.41 Å². The molecule has 0 N–H and O–H groups in total. The van der Waals surface area contributed by atoms with Gasteiger partial charge in [-0.15, -0.1) is 0 Å². The predicted molar refractivity (Wildman–Crippen MR) is 67.6 cm³/mol. The summed E-state index contributed by atoms with van der Waals surface area (Å²) in [5.41, 5.74) is -0.998. The number of hydrogen-bond donors (Lipinski definition) is 0. The van der Waals surface area contributed by atoms with Crippen molar-refractivity contribution in [1.29, 1.82) is 0 Å². The van der Waals surface area contributed by atoms with E-state index in [9.17, 15) is 9.59 Å². The summed E-state index contributed by atoms with van der Waals surface area (Å²) in [6.45, 7) is 10.9. The molecule has 0 aliphatic heterocycles. The lowest BCUT2D eigenvalue weighted by Crippen LogP contribution is -2.48. The van der Waals surface area contributed by atoms with Crippen molar-refractivity contribution in [2.24, 2.45) is 5.41 Å². The van der Waals surface area contributed by atoms with Gasteiger partial charge in [0.2, 0.25) is 5.91 Å². The van der Waals surface area contributed by atoms with E-state index in [1.807, 2.05) is 27.7 Å². The molecule has 4 heteroatoms. The SMILES string of the molecule is CCOC(=O)C(CC)(CC)C(=O)N(CC)CC. The molecule has 0 saturated heterocycles. The molecule has 4 nitrogen and oxygen atoms in total. The number of carbonyl (C=O) groups excluding carboxylic acids is 2. The monoisotopic (exact) mass is 243 g/mol. The Hall–Kier alpha value is -1.06. The van der Waals surface area contributed by atoms with Gasteiger partial charge >= 0.3 is 5.97 Å². The van der Waals surface area contributed by atoms with Crippen molar-refractivity contribution in [3.8, 4) is 0 Å². The van der Waals surface area contributed by atoms with Crippen molar-refractivity contribution in [1.82, 2.24) is 4.90 Å². The molecule has 0 aliphatic carbocycles. The fourth-order valence-corrected chi connectivity index (χ4v) is 2.01. The number of ether oxygens (including phenoxy) is 1. The molecule has 0 atom stereocenters. The van der Waals surface area contributed by atoms with E-state index in [4.69, 9.17) is 4.74 Å². The van der Waals surface area contributed by atoms with Gasteiger partial charge in [0.05, 0.1) is 6.61 Å². The fourth-order valence-electron chi connectivity index (χ4n) is 2.01. The molecule has 0 aromatic carbocycles. The molecular formula is C13H25NO3. The highest BCUT2D eigenvalue weighted by Crippen LogP contribution is 2.30. The molecule has 0 unspecified atom stereocenters. The normalized spacial score (nSPS) is 11.1. The van der Waals surface area contributed by atoms with Gasteiger partial charge in [-0.2, -0.15) is 0 Å². The molecule has 17 heavy (non-hydrogen) atoms. The van der Waals surface area contributed by atoms with Crippen LogP contribution >= 0.6 is 0 Å². The Bertz CT molecular complexity index is 255. The molecule has 0 rings (SSSR count). The van der Waals surface area contributed by atoms with Crippen LogP contribution in [0.15, 0.2) is 0 Å². The largest absolute Gasteiger partial charge is 0.465 e. The number of amides is 1. The summed E-state index contributed by atoms with van der Waals surface area (Å²) in [4.78, 5) is 26.2. The van der Waals surface area contributed by atoms with Crippen molar-refractivity contribution in [2.75, 3.05) is 19.7 Å². The molecule has 0 fully saturated rings. The summed E-state index contributed by atoms with van der Waals surface area (Å²) in [6.07, 6.45) is 0.968. The molecule has 0 aliphatic rings. The van der Waals surface area contributed by atoms with Gasteiger partial charge < -0.3 is 9.64 Å². The molecule has 100 valence electrons. The van der Waals surface area contributed by atoms with Crippen LogP contribution in [0.4, 0.5) is 0 Å². The van der Waals surface area contributed by atoms with Crippen LogP contribution in [0.25, 0.3) is 0 Å². The van der Waals surface area contributed by atoms with Gasteiger partial charge in [-0.1, -0.05) is 13.8 Å². The van der Waals surface area contributed by atoms with Crippen LogP contribution in [0, 0.1) is 5.41 Å². The van der Waals surface area contributed by atoms with Gasteiger partial charge in [0, 0.05) is 13.1 Å². The molecule has 1 amide bonds. The second kappa shape index (κ2) is 7.30. The third-order valence-electron chi connectivity index (χ3n) is 3.33. The number of hydrogen-bond acceptors (Lipinski definition) is 3. The van der Waals surface area contributed by atoms with Gasteiger partial charge in [-0.05, 0) is 33.6 Å². The lowest BCUT2D eigenvalue weighted by molar-refractivity contribution is -0.165. The number of esters is 1. The quantitative estimate of drug-likeness (QED) is 0.509. The van der Waals surface area contributed by atoms with Crippen molar-refractivity contribution in [3.05, 3.63) is 0 Å². The van der Waals surface area contributed by atoms with Crippen LogP contribution in [0.5, 0.6) is 0 Å². The van der Waals surface area contributed by atoms with Crippen molar-refractivity contribution >= 4 is 11.9 Å². The first kappa shape index (κ1) is 15.9. The predicted octanol–water partition coefficient (Wildman–Crippen LogP) is 2.22. The van der Waals surface area contributed by atoms with E-state index >= 15 is 0 Å². The first-order chi connectivity index (χ1) is 8.03. The summed E-state index contributed by atoms with van der Waals surface area (Å²) < 4.78 is 5.06. The van der Waals surface area contributed by atoms with Gasteiger partial charge in [-0.3, -0.25) is 9.59 Å². The minimum absolute atomic E-state index is 0.106. The van der Waals surface area contributed by atoms with Crippen molar-refractivity contribution in [3.63, 3.8) is 0 Å². The zero-order chi connectivity index (χ0) is 13.5. The van der Waals surface area contributed by atoms with Crippen LogP contribution in [-0.4, -0.2) is 36.5 Å². The highest BCUT2D eigenvalue weighted by Gasteiger charge is 2.45. The maximum absolute atomic E-state index is 12.4. The second-order valence-electron chi connectivity index (χ2n) is 3.99. The van der Waals surface area contributed by atoms with E-state index in [-0.39, 0.29) is 11.9 Å². The third kappa shape index (κ3) is 3.20. The number of rotatable bonds is 7. The molecule has 0 bridgehead atoms. The van der Waals surface area contributed by atoms with Crippen LogP contribution in [-0.2, 0) is 14.3 Å². The van der Waals surface area contributed by atoms with E-state index in [1.165, 1.54) is 0 Å². The lowest BCUT2D eigenvalue weighted by atomic mass is 9.80. The maximum atomic E-state index is 12.4. The molecular weight excluding hydrogens is 218 g/mol. The topological polar surface area (TPSA) is 46.6 Å². The third-order valence-corrected chi connectivity index (χ3v) is 3.33. The van der Waals surface area contributed by atoms with Gasteiger partial charge in [0.15, 0.2) is 0 Å². The minimum atomic E-state index is -0.998. The first-order valence-electron chi connectivity index (χ1n) is 6.50. The molecule has 0 heterocycles. The second-order valence-corrected chi connectivity index (χ2v) is 3.99. The Morgan fingerprint density at radius 3 is 1.76 bits per heavy atom. The van der Waals surface area contributed by atoms with E-state index in [0.717, 1.165) is 0 Å². The molecule has 0 aromatic rings. The van der Waals surface area contributed by atoms with E-state index in [2.05, 4.69) is 0 Å². The van der Waals surface area contributed by atoms with Crippen LogP contribution < -0.4 is 0 Å². The highest BCUT2D eigenvalue weighted by atomic mass is 16.5. The molecule has 0 aromatic heterocycles. The van der Waals surface area contributed by atoms with E-state index in [1.54, 1.807) is 11.8 Å². The van der Waals surface area contributed by atoms with Crippen LogP contribution in [0.2, 0.25) is 0 Å². The average Bonchev–Trinajstić information content (AvgIpc) is 2.33. The molecule has 0 spiro atoms. The van der Waals surface area contributed by atoms with Crippen molar-refractivity contribution < 1.29 is 14.3 Å². The van der Waals surface area contributed by atoms with E-state index < -0.39 is 5.41 Å². The first-order valence-corrected chi connectivity index (χ1v) is 6.50. The Morgan fingerprint density at radius 1 is 1.00 bits per heavy atom. The van der Waals surface area contributed by atoms with E-state index in [0.29, 0.717) is 32.5 Å². The Balaban J connectivity index is 5.18. The van der Waals surface area contributed by atoms with Crippen LogP contribution in [0.1, 0.15) is 47.5 Å². The zero-order valence-electron chi connectivity index (χ0n) is 11.7. The number of nitrogens with zero attached hydrogens (tertiary/aromatic N) is 1. The molecule has 0 saturated carbocycles. The fraction of sp³-hybridized carbons (Fsp3) is 0.846. The number of carbonyl (C=O) groups is 2. The zero-order valence-corrected chi connectivity index (χ0v) is 11.7. The van der Waals surface area contributed by atoms with Gasteiger partial charge in [-0.25, -0.2) is 0 Å². The molecule has 0 radical (unpaired) electrons. The average molecular weight is 243 g/mol. The summed E-state index contributed by atoms with van der Waals surface area (Å²) >= 11 is 0. The van der Waals surface area contributed by atoms with Gasteiger partial charge in [0.25, 0.3) is 0 Å². The lowest BCUT2D eigenvalue weighted by Gasteiger charge is -2.33. The Morgan fingerprint density at radius 2 is 1.47 bits per heavy atom. The Labute approximate surface area is 104 Å². The summed E-state index contributed by atoms with van der Waals surface area (Å²) in [7, 11) is 0. The standard InChI is InChI=1S/C13H25NO3/c1-6-13(7-2,12(16)17-10-5)11(15)14(8-3)9-4/h6-10H2,1-5H3. The summed E-state index contributed by atoms with van der Waals surface area (Å²) in [6, 6.07) is 0. The minimum Gasteiger partial charge on any atom is -0.465 e.